The average molecular weight is 443 g/mol. The Kier molecular flexibility index (Phi) is 18.5. The standard InChI is InChI=1S/C19H44NO3Si.BrH/c1-7-10-13-16-20(17-14-11-8-2,18-15-12-9-3)19-24(21-4,22-5)23-6;/h7-19H2,1-6H3;1H/q+1;/p-1. The molecule has 0 saturated heterocycles. The van der Waals surface area contributed by atoms with E-state index in [0.29, 0.717) is 0 Å². The van der Waals surface area contributed by atoms with Crippen molar-refractivity contribution >= 4 is 8.80 Å². The Morgan fingerprint density at radius 3 is 1.16 bits per heavy atom. The second-order valence-corrected chi connectivity index (χ2v) is 9.99. The lowest BCUT2D eigenvalue weighted by Crippen LogP contribution is -3.00. The largest absolute Gasteiger partial charge is 1.00 e. The van der Waals surface area contributed by atoms with Crippen LogP contribution < -0.4 is 17.0 Å². The van der Waals surface area contributed by atoms with Gasteiger partial charge in [-0.2, -0.15) is 0 Å². The van der Waals surface area contributed by atoms with Crippen LogP contribution in [0.25, 0.3) is 0 Å². The number of halogens is 1. The van der Waals surface area contributed by atoms with Crippen LogP contribution in [0.2, 0.25) is 0 Å². The van der Waals surface area contributed by atoms with Crippen LogP contribution >= 0.6 is 0 Å². The van der Waals surface area contributed by atoms with Crippen molar-refractivity contribution in [2.45, 2.75) is 78.6 Å². The molecule has 0 N–H and O–H groups in total. The summed E-state index contributed by atoms with van der Waals surface area (Å²) < 4.78 is 18.5. The van der Waals surface area contributed by atoms with Gasteiger partial charge in [0, 0.05) is 21.3 Å². The molecule has 0 unspecified atom stereocenters. The summed E-state index contributed by atoms with van der Waals surface area (Å²) in [7, 11) is 2.68. The maximum atomic E-state index is 5.79. The summed E-state index contributed by atoms with van der Waals surface area (Å²) in [5.74, 6) is 0. The van der Waals surface area contributed by atoms with Crippen LogP contribution in [-0.2, 0) is 13.3 Å². The zero-order valence-electron chi connectivity index (χ0n) is 17.7. The van der Waals surface area contributed by atoms with Crippen LogP contribution in [0.4, 0.5) is 0 Å². The van der Waals surface area contributed by atoms with Gasteiger partial charge in [-0.3, -0.25) is 0 Å². The van der Waals surface area contributed by atoms with Crippen LogP contribution in [0.15, 0.2) is 0 Å². The number of hydrogen-bond donors (Lipinski definition) is 0. The van der Waals surface area contributed by atoms with E-state index >= 15 is 0 Å². The van der Waals surface area contributed by atoms with E-state index in [4.69, 9.17) is 13.3 Å². The fraction of sp³-hybridized carbons (Fsp3) is 1.00. The van der Waals surface area contributed by atoms with Crippen molar-refractivity contribution in [2.75, 3.05) is 47.1 Å². The minimum Gasteiger partial charge on any atom is -1.00 e. The molecule has 0 aliphatic rings. The first kappa shape index (κ1) is 27.8. The fourth-order valence-corrected chi connectivity index (χ4v) is 5.70. The van der Waals surface area contributed by atoms with Crippen molar-refractivity contribution in [1.82, 2.24) is 0 Å². The Labute approximate surface area is 169 Å². The van der Waals surface area contributed by atoms with Gasteiger partial charge in [-0.05, 0) is 38.5 Å². The predicted molar refractivity (Wildman–Crippen MR) is 105 cm³/mol. The van der Waals surface area contributed by atoms with Gasteiger partial charge in [0.2, 0.25) is 0 Å². The highest BCUT2D eigenvalue weighted by Crippen LogP contribution is 2.21. The summed E-state index contributed by atoms with van der Waals surface area (Å²) in [5.41, 5.74) is 0. The summed E-state index contributed by atoms with van der Waals surface area (Å²) in [6.07, 6.45) is 12.5. The minimum absolute atomic E-state index is 0. The highest BCUT2D eigenvalue weighted by molar-refractivity contribution is 6.60. The van der Waals surface area contributed by atoms with Gasteiger partial charge in [-0.1, -0.05) is 40.0 Å². The van der Waals surface area contributed by atoms with Gasteiger partial charge in [0.25, 0.3) is 0 Å². The maximum Gasteiger partial charge on any atom is 0.558 e. The summed E-state index contributed by atoms with van der Waals surface area (Å²) in [5, 5.41) is 0. The lowest BCUT2D eigenvalue weighted by Gasteiger charge is -2.42. The SMILES string of the molecule is CCCCC[N+](CCCCC)(CCCCC)C[Si](OC)(OC)OC.[Br-]. The van der Waals surface area contributed by atoms with E-state index in [2.05, 4.69) is 20.8 Å². The molecule has 0 atom stereocenters. The Morgan fingerprint density at radius 1 is 0.600 bits per heavy atom. The Balaban J connectivity index is 0. The third kappa shape index (κ3) is 11.1. The molecule has 0 aromatic carbocycles. The van der Waals surface area contributed by atoms with Crippen molar-refractivity contribution in [1.29, 1.82) is 0 Å². The van der Waals surface area contributed by atoms with E-state index < -0.39 is 8.80 Å². The lowest BCUT2D eigenvalue weighted by molar-refractivity contribution is -0.921. The summed E-state index contributed by atoms with van der Waals surface area (Å²) >= 11 is 0. The number of quaternary nitrogens is 1. The molecule has 4 nitrogen and oxygen atoms in total. The molecule has 0 fully saturated rings. The van der Waals surface area contributed by atoms with Gasteiger partial charge in [-0.15, -0.1) is 0 Å². The van der Waals surface area contributed by atoms with Crippen molar-refractivity contribution in [2.24, 2.45) is 0 Å². The van der Waals surface area contributed by atoms with E-state index in [1.165, 1.54) is 77.4 Å². The van der Waals surface area contributed by atoms with Gasteiger partial charge >= 0.3 is 8.80 Å². The number of nitrogens with zero attached hydrogens (tertiary/aromatic N) is 1. The molecule has 6 heteroatoms. The van der Waals surface area contributed by atoms with E-state index in [9.17, 15) is 0 Å². The molecule has 0 spiro atoms. The molecule has 0 heterocycles. The first-order valence-electron chi connectivity index (χ1n) is 10.1. The molecular formula is C19H44BrNO3Si. The molecule has 0 bridgehead atoms. The summed E-state index contributed by atoms with van der Waals surface area (Å²) in [6.45, 7) is 10.5. The lowest BCUT2D eigenvalue weighted by atomic mass is 10.1. The maximum absolute atomic E-state index is 5.79. The molecule has 0 rings (SSSR count). The zero-order valence-corrected chi connectivity index (χ0v) is 20.3. The second-order valence-electron chi connectivity index (χ2n) is 7.09. The Bertz CT molecular complexity index is 257. The van der Waals surface area contributed by atoms with E-state index in [1.54, 1.807) is 21.3 Å². The predicted octanol–water partition coefficient (Wildman–Crippen LogP) is 1.80. The van der Waals surface area contributed by atoms with E-state index in [1.807, 2.05) is 0 Å². The highest BCUT2D eigenvalue weighted by atomic mass is 79.9. The molecule has 0 aliphatic carbocycles. The topological polar surface area (TPSA) is 27.7 Å². The highest BCUT2D eigenvalue weighted by Gasteiger charge is 2.48. The smallest absolute Gasteiger partial charge is 0.558 e. The second kappa shape index (κ2) is 16.7. The Hall–Kier alpha value is 0.537. The third-order valence-corrected chi connectivity index (χ3v) is 8.09. The molecular weight excluding hydrogens is 398 g/mol. The molecule has 0 saturated carbocycles. The fourth-order valence-electron chi connectivity index (χ4n) is 3.52. The average Bonchev–Trinajstić information content (AvgIpc) is 2.60. The molecule has 0 radical (unpaired) electrons. The van der Waals surface area contributed by atoms with Gasteiger partial charge in [0.05, 0.1) is 19.6 Å². The van der Waals surface area contributed by atoms with Crippen molar-refractivity contribution in [3.8, 4) is 0 Å². The van der Waals surface area contributed by atoms with Crippen LogP contribution in [0.5, 0.6) is 0 Å². The quantitative estimate of drug-likeness (QED) is 0.195. The molecule has 154 valence electrons. The van der Waals surface area contributed by atoms with Crippen LogP contribution in [0.1, 0.15) is 78.6 Å². The summed E-state index contributed by atoms with van der Waals surface area (Å²) in [4.78, 5) is 0. The first-order valence-corrected chi connectivity index (χ1v) is 12.0. The number of hydrogen-bond acceptors (Lipinski definition) is 3. The number of rotatable bonds is 17. The molecule has 0 aromatic heterocycles. The monoisotopic (exact) mass is 441 g/mol. The molecule has 25 heavy (non-hydrogen) atoms. The van der Waals surface area contributed by atoms with Gasteiger partial charge in [0.15, 0.2) is 0 Å². The van der Waals surface area contributed by atoms with Crippen LogP contribution in [-0.4, -0.2) is 60.4 Å². The minimum atomic E-state index is -2.56. The zero-order chi connectivity index (χ0) is 18.3. The van der Waals surface area contributed by atoms with Crippen molar-refractivity contribution in [3.63, 3.8) is 0 Å². The van der Waals surface area contributed by atoms with Gasteiger partial charge < -0.3 is 34.7 Å². The molecule has 0 amide bonds. The van der Waals surface area contributed by atoms with Crippen molar-refractivity contribution in [3.05, 3.63) is 0 Å². The van der Waals surface area contributed by atoms with E-state index in [0.717, 1.165) is 10.7 Å². The Morgan fingerprint density at radius 2 is 0.920 bits per heavy atom. The van der Waals surface area contributed by atoms with Crippen LogP contribution in [0.3, 0.4) is 0 Å². The first-order chi connectivity index (χ1) is 11.6. The van der Waals surface area contributed by atoms with Crippen LogP contribution in [0, 0.1) is 0 Å². The van der Waals surface area contributed by atoms with Crippen molar-refractivity contribution < 1.29 is 34.7 Å². The molecule has 0 aromatic rings. The third-order valence-electron chi connectivity index (χ3n) is 5.17. The van der Waals surface area contributed by atoms with Gasteiger partial charge in [0.1, 0.15) is 6.17 Å². The summed E-state index contributed by atoms with van der Waals surface area (Å²) in [6, 6.07) is 0. The normalized spacial score (nSPS) is 12.2. The van der Waals surface area contributed by atoms with Gasteiger partial charge in [-0.25, -0.2) is 0 Å². The molecule has 0 aliphatic heterocycles. The number of unbranched alkanes of at least 4 members (excludes halogenated alkanes) is 6. The van der Waals surface area contributed by atoms with E-state index in [-0.39, 0.29) is 17.0 Å².